The molecule has 1 amide bonds. The van der Waals surface area contributed by atoms with E-state index in [0.717, 1.165) is 22.2 Å². The minimum Gasteiger partial charge on any atom is -0.348 e. The zero-order valence-electron chi connectivity index (χ0n) is 10.1. The quantitative estimate of drug-likeness (QED) is 0.805. The van der Waals surface area contributed by atoms with Crippen LogP contribution in [0.5, 0.6) is 0 Å². The molecule has 0 aliphatic rings. The molecule has 0 aliphatic carbocycles. The van der Waals surface area contributed by atoms with Crippen molar-refractivity contribution in [3.63, 3.8) is 0 Å². The Morgan fingerprint density at radius 2 is 1.70 bits per heavy atom. The zero-order valence-corrected chi connectivity index (χ0v) is 13.3. The SMILES string of the molecule is O=C(NCc1ccccc1Br)c1c(F)cc(Br)cc1F. The average molecular weight is 405 g/mol. The Kier molecular flexibility index (Phi) is 4.88. The van der Waals surface area contributed by atoms with Crippen LogP contribution in [0.4, 0.5) is 8.78 Å². The lowest BCUT2D eigenvalue weighted by molar-refractivity contribution is 0.0942. The molecule has 0 aliphatic heterocycles. The predicted molar refractivity (Wildman–Crippen MR) is 79.4 cm³/mol. The van der Waals surface area contributed by atoms with E-state index in [4.69, 9.17) is 0 Å². The predicted octanol–water partition coefficient (Wildman–Crippen LogP) is 4.42. The first-order valence-corrected chi connectivity index (χ1v) is 7.24. The van der Waals surface area contributed by atoms with Crippen molar-refractivity contribution in [2.24, 2.45) is 0 Å². The molecular weight excluding hydrogens is 396 g/mol. The van der Waals surface area contributed by atoms with E-state index in [1.807, 2.05) is 18.2 Å². The van der Waals surface area contributed by atoms with Gasteiger partial charge in [-0.15, -0.1) is 0 Å². The highest BCUT2D eigenvalue weighted by molar-refractivity contribution is 9.10. The van der Waals surface area contributed by atoms with E-state index in [-0.39, 0.29) is 11.0 Å². The topological polar surface area (TPSA) is 29.1 Å². The number of amides is 1. The van der Waals surface area contributed by atoms with E-state index in [0.29, 0.717) is 0 Å². The second-order valence-electron chi connectivity index (χ2n) is 4.02. The summed E-state index contributed by atoms with van der Waals surface area (Å²) in [4.78, 5) is 11.9. The Morgan fingerprint density at radius 3 is 2.30 bits per heavy atom. The molecule has 0 saturated carbocycles. The van der Waals surface area contributed by atoms with Crippen LogP contribution in [0.1, 0.15) is 15.9 Å². The maximum absolute atomic E-state index is 13.6. The molecule has 0 unspecified atom stereocenters. The first-order chi connectivity index (χ1) is 9.49. The van der Waals surface area contributed by atoms with E-state index in [1.54, 1.807) is 6.07 Å². The summed E-state index contributed by atoms with van der Waals surface area (Å²) in [6, 6.07) is 9.38. The molecular formula is C14H9Br2F2NO. The Balaban J connectivity index is 2.16. The summed E-state index contributed by atoms with van der Waals surface area (Å²) in [5.74, 6) is -2.59. The van der Waals surface area contributed by atoms with Gasteiger partial charge in [0, 0.05) is 15.5 Å². The molecule has 2 aromatic rings. The van der Waals surface area contributed by atoms with E-state index >= 15 is 0 Å². The van der Waals surface area contributed by atoms with Crippen LogP contribution in [0.3, 0.4) is 0 Å². The van der Waals surface area contributed by atoms with Crippen LogP contribution in [0.15, 0.2) is 45.3 Å². The van der Waals surface area contributed by atoms with Gasteiger partial charge in [-0.3, -0.25) is 4.79 Å². The molecule has 0 bridgehead atoms. The smallest absolute Gasteiger partial charge is 0.257 e. The van der Waals surface area contributed by atoms with Crippen molar-refractivity contribution >= 4 is 37.8 Å². The number of nitrogens with one attached hydrogen (secondary N) is 1. The first-order valence-electron chi connectivity index (χ1n) is 5.65. The Morgan fingerprint density at radius 1 is 1.10 bits per heavy atom. The van der Waals surface area contributed by atoms with Gasteiger partial charge in [0.1, 0.15) is 17.2 Å². The highest BCUT2D eigenvalue weighted by atomic mass is 79.9. The van der Waals surface area contributed by atoms with Crippen LogP contribution >= 0.6 is 31.9 Å². The van der Waals surface area contributed by atoms with Gasteiger partial charge in [-0.1, -0.05) is 50.1 Å². The molecule has 0 heterocycles. The largest absolute Gasteiger partial charge is 0.348 e. The molecule has 2 nitrogen and oxygen atoms in total. The molecule has 0 saturated heterocycles. The number of hydrogen-bond acceptors (Lipinski definition) is 1. The van der Waals surface area contributed by atoms with Crippen molar-refractivity contribution in [2.75, 3.05) is 0 Å². The fourth-order valence-electron chi connectivity index (χ4n) is 1.66. The number of halogens is 4. The Labute approximate surface area is 131 Å². The monoisotopic (exact) mass is 403 g/mol. The summed E-state index contributed by atoms with van der Waals surface area (Å²) in [7, 11) is 0. The standard InChI is InChI=1S/C14H9Br2F2NO/c15-9-5-11(17)13(12(18)6-9)14(20)19-7-8-3-1-2-4-10(8)16/h1-6H,7H2,(H,19,20). The van der Waals surface area contributed by atoms with Gasteiger partial charge in [0.15, 0.2) is 0 Å². The third kappa shape index (κ3) is 3.43. The van der Waals surface area contributed by atoms with Crippen LogP contribution in [-0.2, 0) is 6.54 Å². The number of carbonyl (C=O) groups excluding carboxylic acids is 1. The number of hydrogen-bond donors (Lipinski definition) is 1. The van der Waals surface area contributed by atoms with Gasteiger partial charge in [-0.2, -0.15) is 0 Å². The number of rotatable bonds is 3. The van der Waals surface area contributed by atoms with Crippen molar-refractivity contribution in [3.8, 4) is 0 Å². The molecule has 2 aromatic carbocycles. The summed E-state index contributed by atoms with van der Waals surface area (Å²) < 4.78 is 28.3. The van der Waals surface area contributed by atoms with Crippen LogP contribution in [0.25, 0.3) is 0 Å². The highest BCUT2D eigenvalue weighted by Gasteiger charge is 2.18. The summed E-state index contributed by atoms with van der Waals surface area (Å²) in [5, 5.41) is 2.49. The van der Waals surface area contributed by atoms with Gasteiger partial charge in [0.2, 0.25) is 0 Å². The van der Waals surface area contributed by atoms with E-state index in [9.17, 15) is 13.6 Å². The van der Waals surface area contributed by atoms with Gasteiger partial charge >= 0.3 is 0 Å². The van der Waals surface area contributed by atoms with E-state index in [2.05, 4.69) is 37.2 Å². The summed E-state index contributed by atoms with van der Waals surface area (Å²) in [6.07, 6.45) is 0. The van der Waals surface area contributed by atoms with Gasteiger partial charge in [-0.05, 0) is 23.8 Å². The lowest BCUT2D eigenvalue weighted by Gasteiger charge is -2.09. The van der Waals surface area contributed by atoms with Crippen LogP contribution in [0.2, 0.25) is 0 Å². The van der Waals surface area contributed by atoms with Crippen molar-refractivity contribution in [3.05, 3.63) is 68.1 Å². The second kappa shape index (κ2) is 6.45. The van der Waals surface area contributed by atoms with E-state index < -0.39 is 23.1 Å². The molecule has 6 heteroatoms. The maximum Gasteiger partial charge on any atom is 0.257 e. The maximum atomic E-state index is 13.6. The molecule has 0 aromatic heterocycles. The lowest BCUT2D eigenvalue weighted by Crippen LogP contribution is -2.25. The normalized spacial score (nSPS) is 10.4. The lowest BCUT2D eigenvalue weighted by atomic mass is 10.1. The Hall–Kier alpha value is -1.27. The first kappa shape index (κ1) is 15.1. The van der Waals surface area contributed by atoms with Gasteiger partial charge < -0.3 is 5.32 Å². The molecule has 2 rings (SSSR count). The molecule has 104 valence electrons. The fraction of sp³-hybridized carbons (Fsp3) is 0.0714. The Bertz CT molecular complexity index is 638. The van der Waals surface area contributed by atoms with Crippen molar-refractivity contribution in [2.45, 2.75) is 6.54 Å². The summed E-state index contributed by atoms with van der Waals surface area (Å²) in [6.45, 7) is 0.176. The van der Waals surface area contributed by atoms with Gasteiger partial charge in [-0.25, -0.2) is 8.78 Å². The molecule has 0 atom stereocenters. The zero-order chi connectivity index (χ0) is 14.7. The van der Waals surface area contributed by atoms with Crippen molar-refractivity contribution in [1.82, 2.24) is 5.32 Å². The molecule has 1 N–H and O–H groups in total. The van der Waals surface area contributed by atoms with Crippen LogP contribution < -0.4 is 5.32 Å². The second-order valence-corrected chi connectivity index (χ2v) is 5.79. The molecule has 0 radical (unpaired) electrons. The summed E-state index contributed by atoms with van der Waals surface area (Å²) in [5.41, 5.74) is 0.235. The van der Waals surface area contributed by atoms with Gasteiger partial charge in [0.25, 0.3) is 5.91 Å². The minimum atomic E-state index is -0.901. The third-order valence-corrected chi connectivity index (χ3v) is 3.86. The fourth-order valence-corrected chi connectivity index (χ4v) is 2.49. The summed E-state index contributed by atoms with van der Waals surface area (Å²) >= 11 is 6.30. The number of benzene rings is 2. The molecule has 0 fully saturated rings. The highest BCUT2D eigenvalue weighted by Crippen LogP contribution is 2.20. The van der Waals surface area contributed by atoms with Crippen molar-refractivity contribution in [1.29, 1.82) is 0 Å². The number of carbonyl (C=O) groups is 1. The van der Waals surface area contributed by atoms with Crippen molar-refractivity contribution < 1.29 is 13.6 Å². The minimum absolute atomic E-state index is 0.176. The molecule has 0 spiro atoms. The van der Waals surface area contributed by atoms with E-state index in [1.165, 1.54) is 0 Å². The molecule has 20 heavy (non-hydrogen) atoms. The average Bonchev–Trinajstić information content (AvgIpc) is 2.36. The third-order valence-electron chi connectivity index (χ3n) is 2.63. The van der Waals surface area contributed by atoms with Crippen LogP contribution in [-0.4, -0.2) is 5.91 Å². The van der Waals surface area contributed by atoms with Crippen LogP contribution in [0, 0.1) is 11.6 Å². The van der Waals surface area contributed by atoms with Gasteiger partial charge in [0.05, 0.1) is 0 Å².